The van der Waals surface area contributed by atoms with Crippen molar-refractivity contribution in [3.63, 3.8) is 0 Å². The summed E-state index contributed by atoms with van der Waals surface area (Å²) in [5.41, 5.74) is 1.14. The van der Waals surface area contributed by atoms with Crippen LogP contribution in [0, 0.1) is 0 Å². The minimum atomic E-state index is -0.313. The first kappa shape index (κ1) is 17.7. The molecule has 0 radical (unpaired) electrons. The lowest BCUT2D eigenvalue weighted by atomic mass is 10.00. The van der Waals surface area contributed by atoms with Crippen LogP contribution in [-0.4, -0.2) is 25.3 Å². The molecule has 0 aromatic heterocycles. The van der Waals surface area contributed by atoms with E-state index in [0.29, 0.717) is 6.42 Å². The lowest BCUT2D eigenvalue weighted by molar-refractivity contribution is -0.151. The SMILES string of the molecule is C=CCC1=CC(OC)C(OC(=O)CCCCCCC)C=C1. The van der Waals surface area contributed by atoms with Crippen LogP contribution in [0.15, 0.2) is 36.5 Å². The fourth-order valence-electron chi connectivity index (χ4n) is 2.38. The van der Waals surface area contributed by atoms with E-state index in [0.717, 1.165) is 24.8 Å². The van der Waals surface area contributed by atoms with Crippen LogP contribution in [0.4, 0.5) is 0 Å². The Hall–Kier alpha value is -1.35. The van der Waals surface area contributed by atoms with Crippen molar-refractivity contribution < 1.29 is 14.3 Å². The Morgan fingerprint density at radius 3 is 2.71 bits per heavy atom. The quantitative estimate of drug-likeness (QED) is 0.341. The number of hydrogen-bond donors (Lipinski definition) is 0. The van der Waals surface area contributed by atoms with Crippen molar-refractivity contribution in [2.24, 2.45) is 0 Å². The zero-order valence-electron chi connectivity index (χ0n) is 13.3. The van der Waals surface area contributed by atoms with Gasteiger partial charge in [0.05, 0.1) is 0 Å². The van der Waals surface area contributed by atoms with Crippen LogP contribution in [-0.2, 0) is 14.3 Å². The van der Waals surface area contributed by atoms with Crippen molar-refractivity contribution in [1.29, 1.82) is 0 Å². The molecular formula is C18H28O3. The summed E-state index contributed by atoms with van der Waals surface area (Å²) < 4.78 is 10.9. The number of rotatable bonds is 10. The molecule has 0 saturated carbocycles. The maximum absolute atomic E-state index is 11.9. The number of carbonyl (C=O) groups excluding carboxylic acids is 1. The lowest BCUT2D eigenvalue weighted by Gasteiger charge is -2.24. The van der Waals surface area contributed by atoms with Gasteiger partial charge in [-0.3, -0.25) is 4.79 Å². The first-order chi connectivity index (χ1) is 10.2. The van der Waals surface area contributed by atoms with Crippen molar-refractivity contribution in [1.82, 2.24) is 0 Å². The molecule has 0 spiro atoms. The number of esters is 1. The van der Waals surface area contributed by atoms with Crippen LogP contribution in [0.25, 0.3) is 0 Å². The fourth-order valence-corrected chi connectivity index (χ4v) is 2.38. The van der Waals surface area contributed by atoms with Crippen LogP contribution in [0.2, 0.25) is 0 Å². The van der Waals surface area contributed by atoms with Crippen LogP contribution < -0.4 is 0 Å². The summed E-state index contributed by atoms with van der Waals surface area (Å²) in [4.78, 5) is 11.9. The van der Waals surface area contributed by atoms with E-state index in [1.54, 1.807) is 7.11 Å². The van der Waals surface area contributed by atoms with Gasteiger partial charge in [0.2, 0.25) is 0 Å². The Labute approximate surface area is 128 Å². The average Bonchev–Trinajstić information content (AvgIpc) is 2.49. The van der Waals surface area contributed by atoms with Gasteiger partial charge in [-0.15, -0.1) is 6.58 Å². The smallest absolute Gasteiger partial charge is 0.306 e. The molecule has 0 aromatic rings. The Kier molecular flexibility index (Phi) is 8.76. The van der Waals surface area contributed by atoms with Gasteiger partial charge in [-0.05, 0) is 30.6 Å². The molecule has 3 heteroatoms. The molecule has 0 saturated heterocycles. The van der Waals surface area contributed by atoms with Crippen LogP contribution >= 0.6 is 0 Å². The molecule has 0 bridgehead atoms. The van der Waals surface area contributed by atoms with E-state index in [1.807, 2.05) is 24.3 Å². The molecule has 1 aliphatic carbocycles. The molecule has 0 aliphatic heterocycles. The minimum Gasteiger partial charge on any atom is -0.455 e. The van der Waals surface area contributed by atoms with Gasteiger partial charge in [0, 0.05) is 13.5 Å². The molecule has 0 aromatic carbocycles. The summed E-state index contributed by atoms with van der Waals surface area (Å²) in [5, 5.41) is 0. The molecule has 0 heterocycles. The molecular weight excluding hydrogens is 264 g/mol. The van der Waals surface area contributed by atoms with Crippen molar-refractivity contribution in [3.8, 4) is 0 Å². The van der Waals surface area contributed by atoms with Gasteiger partial charge in [-0.25, -0.2) is 0 Å². The third-order valence-corrected chi connectivity index (χ3v) is 3.61. The van der Waals surface area contributed by atoms with Crippen LogP contribution in [0.1, 0.15) is 51.9 Å². The van der Waals surface area contributed by atoms with E-state index in [9.17, 15) is 4.79 Å². The highest BCUT2D eigenvalue weighted by Crippen LogP contribution is 2.20. The van der Waals surface area contributed by atoms with Crippen molar-refractivity contribution >= 4 is 5.97 Å². The zero-order chi connectivity index (χ0) is 15.5. The summed E-state index contributed by atoms with van der Waals surface area (Å²) >= 11 is 0. The maximum Gasteiger partial charge on any atom is 0.306 e. The summed E-state index contributed by atoms with van der Waals surface area (Å²) in [6.07, 6.45) is 14.2. The van der Waals surface area contributed by atoms with E-state index in [2.05, 4.69) is 13.5 Å². The molecule has 1 rings (SSSR count). The predicted molar refractivity (Wildman–Crippen MR) is 86.1 cm³/mol. The molecule has 118 valence electrons. The van der Waals surface area contributed by atoms with E-state index < -0.39 is 0 Å². The van der Waals surface area contributed by atoms with Crippen molar-refractivity contribution in [2.75, 3.05) is 7.11 Å². The number of allylic oxidation sites excluding steroid dienone is 3. The van der Waals surface area contributed by atoms with E-state index in [-0.39, 0.29) is 18.2 Å². The Morgan fingerprint density at radius 1 is 1.29 bits per heavy atom. The van der Waals surface area contributed by atoms with Gasteiger partial charge in [0.25, 0.3) is 0 Å². The number of hydrogen-bond acceptors (Lipinski definition) is 3. The number of methoxy groups -OCH3 is 1. The van der Waals surface area contributed by atoms with Gasteiger partial charge >= 0.3 is 5.97 Å². The second-order valence-electron chi connectivity index (χ2n) is 5.41. The molecule has 21 heavy (non-hydrogen) atoms. The first-order valence-corrected chi connectivity index (χ1v) is 7.93. The molecule has 2 unspecified atom stereocenters. The highest BCUT2D eigenvalue weighted by molar-refractivity contribution is 5.69. The summed E-state index contributed by atoms with van der Waals surface area (Å²) in [6, 6.07) is 0. The van der Waals surface area contributed by atoms with E-state index in [1.165, 1.54) is 19.3 Å². The minimum absolute atomic E-state index is 0.135. The van der Waals surface area contributed by atoms with Crippen molar-refractivity contribution in [3.05, 3.63) is 36.5 Å². The fraction of sp³-hybridized carbons (Fsp3) is 0.611. The van der Waals surface area contributed by atoms with Gasteiger partial charge < -0.3 is 9.47 Å². The maximum atomic E-state index is 11.9. The second kappa shape index (κ2) is 10.4. The molecule has 0 N–H and O–H groups in total. The topological polar surface area (TPSA) is 35.5 Å². The first-order valence-electron chi connectivity index (χ1n) is 7.93. The van der Waals surface area contributed by atoms with E-state index >= 15 is 0 Å². The Morgan fingerprint density at radius 2 is 2.05 bits per heavy atom. The highest BCUT2D eigenvalue weighted by Gasteiger charge is 2.23. The number of unbranched alkanes of at least 4 members (excludes halogenated alkanes) is 4. The van der Waals surface area contributed by atoms with Gasteiger partial charge in [-0.2, -0.15) is 0 Å². The van der Waals surface area contributed by atoms with Gasteiger partial charge in [-0.1, -0.05) is 44.8 Å². The summed E-state index contributed by atoms with van der Waals surface area (Å²) in [5.74, 6) is -0.135. The third kappa shape index (κ3) is 6.76. The summed E-state index contributed by atoms with van der Waals surface area (Å²) in [6.45, 7) is 5.91. The molecule has 0 fully saturated rings. The molecule has 3 nitrogen and oxygen atoms in total. The number of carbonyl (C=O) groups is 1. The zero-order valence-corrected chi connectivity index (χ0v) is 13.3. The Balaban J connectivity index is 2.35. The molecule has 2 atom stereocenters. The van der Waals surface area contributed by atoms with Crippen LogP contribution in [0.5, 0.6) is 0 Å². The average molecular weight is 292 g/mol. The third-order valence-electron chi connectivity index (χ3n) is 3.61. The summed E-state index contributed by atoms with van der Waals surface area (Å²) in [7, 11) is 1.64. The largest absolute Gasteiger partial charge is 0.455 e. The van der Waals surface area contributed by atoms with E-state index in [4.69, 9.17) is 9.47 Å². The van der Waals surface area contributed by atoms with Crippen molar-refractivity contribution in [2.45, 2.75) is 64.1 Å². The second-order valence-corrected chi connectivity index (χ2v) is 5.41. The predicted octanol–water partition coefficient (Wildman–Crippen LogP) is 4.35. The monoisotopic (exact) mass is 292 g/mol. The lowest BCUT2D eigenvalue weighted by Crippen LogP contribution is -2.31. The normalized spacial score (nSPS) is 21.0. The van der Waals surface area contributed by atoms with Crippen LogP contribution in [0.3, 0.4) is 0 Å². The number of ether oxygens (including phenoxy) is 2. The highest BCUT2D eigenvalue weighted by atomic mass is 16.6. The van der Waals surface area contributed by atoms with Gasteiger partial charge in [0.1, 0.15) is 12.2 Å². The van der Waals surface area contributed by atoms with Gasteiger partial charge in [0.15, 0.2) is 0 Å². The Bertz CT molecular complexity index is 382. The molecule has 1 aliphatic rings. The molecule has 0 amide bonds. The standard InChI is InChI=1S/C18H28O3/c1-4-6-7-8-9-11-18(19)21-16-13-12-15(10-5-2)14-17(16)20-3/h5,12-14,16-17H,2,4,6-11H2,1,3H3.